The summed E-state index contributed by atoms with van der Waals surface area (Å²) in [6.45, 7) is 1.58. The van der Waals surface area contributed by atoms with E-state index in [2.05, 4.69) is 14.9 Å². The Bertz CT molecular complexity index is 268. The molecule has 0 saturated heterocycles. The molecule has 1 aliphatic rings. The maximum Gasteiger partial charge on any atom is 0.122 e. The van der Waals surface area contributed by atoms with E-state index in [1.165, 1.54) is 12.8 Å². The van der Waals surface area contributed by atoms with Gasteiger partial charge in [-0.15, -0.1) is 0 Å². The van der Waals surface area contributed by atoms with E-state index in [1.54, 1.807) is 0 Å². The highest BCUT2D eigenvalue weighted by Crippen LogP contribution is 2.35. The van der Waals surface area contributed by atoms with Crippen LogP contribution in [0.4, 0.5) is 0 Å². The third-order valence-corrected chi connectivity index (χ3v) is 2.26. The van der Waals surface area contributed by atoms with Crippen LogP contribution in [-0.4, -0.2) is 27.8 Å². The van der Waals surface area contributed by atoms with Crippen molar-refractivity contribution in [1.29, 1.82) is 0 Å². The largest absolute Gasteiger partial charge is 0.395 e. The molecule has 4 nitrogen and oxygen atoms in total. The van der Waals surface area contributed by atoms with Gasteiger partial charge in [-0.25, -0.2) is 4.98 Å². The number of nitrogens with zero attached hydrogens (tertiary/aromatic N) is 2. The van der Waals surface area contributed by atoms with Gasteiger partial charge in [0.1, 0.15) is 5.82 Å². The Morgan fingerprint density at radius 1 is 1.62 bits per heavy atom. The second-order valence-corrected chi connectivity index (χ2v) is 3.38. The standard InChI is InChI=1S/C9H15N3O/c13-6-4-10-7-9-11-3-5-12(9)8-1-2-8/h3,5,8,10,13H,1-2,4,6-7H2. The molecule has 0 amide bonds. The van der Waals surface area contributed by atoms with E-state index in [0.29, 0.717) is 12.6 Å². The molecule has 2 rings (SSSR count). The first kappa shape index (κ1) is 8.72. The number of hydrogen-bond acceptors (Lipinski definition) is 3. The van der Waals surface area contributed by atoms with E-state index in [9.17, 15) is 0 Å². The molecule has 1 heterocycles. The molecule has 0 aliphatic heterocycles. The van der Waals surface area contributed by atoms with Crippen LogP contribution in [0.25, 0.3) is 0 Å². The smallest absolute Gasteiger partial charge is 0.122 e. The predicted molar refractivity (Wildman–Crippen MR) is 49.3 cm³/mol. The quantitative estimate of drug-likeness (QED) is 0.642. The van der Waals surface area contributed by atoms with Crippen molar-refractivity contribution in [3.05, 3.63) is 18.2 Å². The summed E-state index contributed by atoms with van der Waals surface area (Å²) in [6.07, 6.45) is 6.44. The zero-order valence-corrected chi connectivity index (χ0v) is 7.61. The second-order valence-electron chi connectivity index (χ2n) is 3.38. The molecular formula is C9H15N3O. The van der Waals surface area contributed by atoms with Crippen molar-refractivity contribution in [3.63, 3.8) is 0 Å². The molecule has 13 heavy (non-hydrogen) atoms. The summed E-state index contributed by atoms with van der Waals surface area (Å²) in [5.41, 5.74) is 0. The lowest BCUT2D eigenvalue weighted by Crippen LogP contribution is -2.20. The number of aliphatic hydroxyl groups excluding tert-OH is 1. The normalized spacial score (nSPS) is 16.4. The molecule has 4 heteroatoms. The van der Waals surface area contributed by atoms with Crippen molar-refractivity contribution >= 4 is 0 Å². The summed E-state index contributed by atoms with van der Waals surface area (Å²) >= 11 is 0. The number of imidazole rings is 1. The van der Waals surface area contributed by atoms with Gasteiger partial charge in [0, 0.05) is 25.0 Å². The Balaban J connectivity index is 1.90. The van der Waals surface area contributed by atoms with Crippen LogP contribution in [0.3, 0.4) is 0 Å². The van der Waals surface area contributed by atoms with Gasteiger partial charge in [-0.1, -0.05) is 0 Å². The molecule has 0 atom stereocenters. The fraction of sp³-hybridized carbons (Fsp3) is 0.667. The molecule has 1 fully saturated rings. The lowest BCUT2D eigenvalue weighted by molar-refractivity contribution is 0.291. The molecule has 0 aromatic carbocycles. The highest BCUT2D eigenvalue weighted by atomic mass is 16.3. The van der Waals surface area contributed by atoms with Crippen LogP contribution in [0.1, 0.15) is 24.7 Å². The van der Waals surface area contributed by atoms with E-state index in [4.69, 9.17) is 5.11 Å². The van der Waals surface area contributed by atoms with Crippen molar-refractivity contribution in [2.45, 2.75) is 25.4 Å². The van der Waals surface area contributed by atoms with Crippen LogP contribution in [0.2, 0.25) is 0 Å². The topological polar surface area (TPSA) is 50.1 Å². The van der Waals surface area contributed by atoms with Gasteiger partial charge >= 0.3 is 0 Å². The third kappa shape index (κ3) is 2.08. The van der Waals surface area contributed by atoms with Crippen molar-refractivity contribution in [2.75, 3.05) is 13.2 Å². The van der Waals surface area contributed by atoms with Gasteiger partial charge < -0.3 is 15.0 Å². The van der Waals surface area contributed by atoms with Crippen LogP contribution in [0.15, 0.2) is 12.4 Å². The fourth-order valence-electron chi connectivity index (χ4n) is 1.45. The van der Waals surface area contributed by atoms with Gasteiger partial charge in [-0.05, 0) is 12.8 Å². The average Bonchev–Trinajstić information content (AvgIpc) is 2.88. The van der Waals surface area contributed by atoms with Gasteiger partial charge in [0.25, 0.3) is 0 Å². The SMILES string of the molecule is OCCNCc1nccn1C1CC1. The van der Waals surface area contributed by atoms with E-state index < -0.39 is 0 Å². The Kier molecular flexibility index (Phi) is 2.61. The third-order valence-electron chi connectivity index (χ3n) is 2.26. The summed E-state index contributed by atoms with van der Waals surface area (Å²) in [5, 5.41) is 11.7. The fourth-order valence-corrected chi connectivity index (χ4v) is 1.45. The van der Waals surface area contributed by atoms with Crippen LogP contribution in [0.5, 0.6) is 0 Å². The average molecular weight is 181 g/mol. The summed E-state index contributed by atoms with van der Waals surface area (Å²) in [4.78, 5) is 4.27. The maximum absolute atomic E-state index is 8.60. The number of nitrogens with one attached hydrogen (secondary N) is 1. The molecule has 0 radical (unpaired) electrons. The predicted octanol–water partition coefficient (Wildman–Crippen LogP) is 0.300. The molecule has 1 aliphatic carbocycles. The van der Waals surface area contributed by atoms with Crippen LogP contribution >= 0.6 is 0 Å². The molecule has 0 bridgehead atoms. The summed E-state index contributed by atoms with van der Waals surface area (Å²) < 4.78 is 2.23. The van der Waals surface area contributed by atoms with Crippen molar-refractivity contribution < 1.29 is 5.11 Å². The van der Waals surface area contributed by atoms with E-state index in [-0.39, 0.29) is 6.61 Å². The summed E-state index contributed by atoms with van der Waals surface area (Å²) in [5.74, 6) is 1.08. The van der Waals surface area contributed by atoms with Crippen molar-refractivity contribution in [1.82, 2.24) is 14.9 Å². The van der Waals surface area contributed by atoms with Gasteiger partial charge in [0.15, 0.2) is 0 Å². The van der Waals surface area contributed by atoms with Crippen molar-refractivity contribution in [3.8, 4) is 0 Å². The molecule has 0 unspecified atom stereocenters. The molecule has 0 spiro atoms. The van der Waals surface area contributed by atoms with Gasteiger partial charge in [-0.2, -0.15) is 0 Å². The maximum atomic E-state index is 8.60. The van der Waals surface area contributed by atoms with Gasteiger partial charge in [0.2, 0.25) is 0 Å². The van der Waals surface area contributed by atoms with E-state index in [1.807, 2.05) is 12.4 Å². The van der Waals surface area contributed by atoms with E-state index in [0.717, 1.165) is 12.4 Å². The minimum Gasteiger partial charge on any atom is -0.395 e. The van der Waals surface area contributed by atoms with Gasteiger partial charge in [-0.3, -0.25) is 0 Å². The minimum absolute atomic E-state index is 0.185. The van der Waals surface area contributed by atoms with Crippen molar-refractivity contribution in [2.24, 2.45) is 0 Å². The zero-order chi connectivity index (χ0) is 9.10. The Morgan fingerprint density at radius 2 is 2.46 bits per heavy atom. The lowest BCUT2D eigenvalue weighted by atomic mass is 10.5. The summed E-state index contributed by atoms with van der Waals surface area (Å²) in [6, 6.07) is 0.688. The number of aromatic nitrogens is 2. The Morgan fingerprint density at radius 3 is 3.15 bits per heavy atom. The highest BCUT2D eigenvalue weighted by Gasteiger charge is 2.24. The highest BCUT2D eigenvalue weighted by molar-refractivity contribution is 4.98. The molecule has 1 aromatic heterocycles. The molecular weight excluding hydrogens is 166 g/mol. The number of hydrogen-bond donors (Lipinski definition) is 2. The van der Waals surface area contributed by atoms with Crippen LogP contribution < -0.4 is 5.32 Å². The summed E-state index contributed by atoms with van der Waals surface area (Å²) in [7, 11) is 0. The first-order valence-electron chi connectivity index (χ1n) is 4.75. The molecule has 1 saturated carbocycles. The molecule has 1 aromatic rings. The molecule has 2 N–H and O–H groups in total. The van der Waals surface area contributed by atoms with Crippen LogP contribution in [0, 0.1) is 0 Å². The monoisotopic (exact) mass is 181 g/mol. The van der Waals surface area contributed by atoms with E-state index >= 15 is 0 Å². The second kappa shape index (κ2) is 3.89. The first-order valence-corrected chi connectivity index (χ1v) is 4.75. The number of rotatable bonds is 5. The Labute approximate surface area is 77.6 Å². The zero-order valence-electron chi connectivity index (χ0n) is 7.61. The van der Waals surface area contributed by atoms with Gasteiger partial charge in [0.05, 0.1) is 13.2 Å². The molecule has 72 valence electrons. The minimum atomic E-state index is 0.185. The first-order chi connectivity index (χ1) is 6.42. The Hall–Kier alpha value is -0.870. The number of aliphatic hydroxyl groups is 1. The lowest BCUT2D eigenvalue weighted by Gasteiger charge is -2.06. The van der Waals surface area contributed by atoms with Crippen LogP contribution in [-0.2, 0) is 6.54 Å².